The van der Waals surface area contributed by atoms with Gasteiger partial charge in [-0.25, -0.2) is 4.79 Å². The molecule has 7 heteroatoms. The Morgan fingerprint density at radius 3 is 2.44 bits per heavy atom. The molecule has 3 aromatic rings. The molecule has 0 spiro atoms. The van der Waals surface area contributed by atoms with Crippen molar-refractivity contribution in [2.24, 2.45) is 0 Å². The summed E-state index contributed by atoms with van der Waals surface area (Å²) >= 11 is 0.928. The molecule has 0 aromatic heterocycles. The maximum absolute atomic E-state index is 12.8. The largest absolute Gasteiger partial charge is 0.488 e. The summed E-state index contributed by atoms with van der Waals surface area (Å²) in [5.74, 6) is -0.717. The van der Waals surface area contributed by atoms with Gasteiger partial charge in [0.15, 0.2) is 0 Å². The molecule has 0 atom stereocenters. The second kappa shape index (κ2) is 8.88. The summed E-state index contributed by atoms with van der Waals surface area (Å²) in [7, 11) is 0. The third kappa shape index (κ3) is 4.24. The average Bonchev–Trinajstić information content (AvgIpc) is 3.06. The van der Waals surface area contributed by atoms with Crippen molar-refractivity contribution in [1.82, 2.24) is 4.90 Å². The van der Waals surface area contributed by atoms with Gasteiger partial charge in [0.05, 0.1) is 10.5 Å². The lowest BCUT2D eigenvalue weighted by molar-refractivity contribution is -0.123. The first-order chi connectivity index (χ1) is 15.3. The molecule has 1 N–H and O–H groups in total. The van der Waals surface area contributed by atoms with Crippen LogP contribution in [0.15, 0.2) is 65.6 Å². The zero-order valence-corrected chi connectivity index (χ0v) is 18.4. The Bertz CT molecular complexity index is 1250. The van der Waals surface area contributed by atoms with Gasteiger partial charge in [-0.05, 0) is 66.2 Å². The van der Waals surface area contributed by atoms with E-state index < -0.39 is 5.97 Å². The molecular weight excluding hydrogens is 426 g/mol. The van der Waals surface area contributed by atoms with Crippen molar-refractivity contribution in [3.63, 3.8) is 0 Å². The third-order valence-electron chi connectivity index (χ3n) is 5.14. The van der Waals surface area contributed by atoms with Crippen LogP contribution in [0.25, 0.3) is 16.8 Å². The van der Waals surface area contributed by atoms with E-state index in [9.17, 15) is 14.4 Å². The average molecular weight is 448 g/mol. The highest BCUT2D eigenvalue weighted by Crippen LogP contribution is 2.37. The molecule has 0 unspecified atom stereocenters. The standard InChI is InChI=1S/C25H21NO5S/c1-15(2)26-23(27)22(32-25(26)30)13-20-19-6-4-3-5-17(19)11-12-21(20)31-14-16-7-9-18(10-8-16)24(28)29/h3-13,15H,14H2,1-2H3,(H,28,29). The topological polar surface area (TPSA) is 83.9 Å². The number of fused-ring (bicyclic) bond motifs is 1. The van der Waals surface area contributed by atoms with Crippen molar-refractivity contribution in [2.75, 3.05) is 0 Å². The zero-order chi connectivity index (χ0) is 22.8. The minimum Gasteiger partial charge on any atom is -0.488 e. The minimum absolute atomic E-state index is 0.209. The van der Waals surface area contributed by atoms with Crippen LogP contribution in [0.1, 0.15) is 35.3 Å². The van der Waals surface area contributed by atoms with Crippen LogP contribution in [0.5, 0.6) is 5.75 Å². The number of amides is 2. The van der Waals surface area contributed by atoms with E-state index >= 15 is 0 Å². The predicted molar refractivity (Wildman–Crippen MR) is 125 cm³/mol. The van der Waals surface area contributed by atoms with E-state index in [0.29, 0.717) is 10.7 Å². The van der Waals surface area contributed by atoms with Gasteiger partial charge in [-0.3, -0.25) is 14.5 Å². The molecule has 3 aromatic carbocycles. The fourth-order valence-corrected chi connectivity index (χ4v) is 4.45. The number of hydrogen-bond donors (Lipinski definition) is 1. The highest BCUT2D eigenvalue weighted by molar-refractivity contribution is 8.18. The Morgan fingerprint density at radius 1 is 1.06 bits per heavy atom. The predicted octanol–water partition coefficient (Wildman–Crippen LogP) is 5.56. The molecule has 1 aliphatic heterocycles. The first-order valence-corrected chi connectivity index (χ1v) is 10.9. The number of nitrogens with zero attached hydrogens (tertiary/aromatic N) is 1. The fourth-order valence-electron chi connectivity index (χ4n) is 3.51. The van der Waals surface area contributed by atoms with Crippen LogP contribution in [0.4, 0.5) is 4.79 Å². The van der Waals surface area contributed by atoms with E-state index in [1.807, 2.05) is 36.4 Å². The normalized spacial score (nSPS) is 15.2. The van der Waals surface area contributed by atoms with Gasteiger partial charge in [0.25, 0.3) is 11.1 Å². The molecular formula is C25H21NO5S. The maximum atomic E-state index is 12.8. The van der Waals surface area contributed by atoms with Gasteiger partial charge in [0, 0.05) is 11.6 Å². The van der Waals surface area contributed by atoms with Crippen LogP contribution in [0, 0.1) is 0 Å². The Kier molecular flexibility index (Phi) is 6.01. The van der Waals surface area contributed by atoms with Crippen LogP contribution < -0.4 is 4.74 Å². The number of ether oxygens (including phenoxy) is 1. The fraction of sp³-hybridized carbons (Fsp3) is 0.160. The van der Waals surface area contributed by atoms with Gasteiger partial charge in [-0.15, -0.1) is 0 Å². The van der Waals surface area contributed by atoms with Gasteiger partial charge < -0.3 is 9.84 Å². The third-order valence-corrected chi connectivity index (χ3v) is 6.02. The number of carbonyl (C=O) groups excluding carboxylic acids is 2. The molecule has 1 saturated heterocycles. The van der Waals surface area contributed by atoms with Gasteiger partial charge in [0.1, 0.15) is 12.4 Å². The molecule has 2 amide bonds. The summed E-state index contributed by atoms with van der Waals surface area (Å²) in [6.45, 7) is 3.84. The van der Waals surface area contributed by atoms with E-state index in [1.54, 1.807) is 32.1 Å². The van der Waals surface area contributed by atoms with Crippen LogP contribution >= 0.6 is 11.8 Å². The second-order valence-corrected chi connectivity index (χ2v) is 8.63. The molecule has 1 heterocycles. The molecule has 1 aliphatic rings. The maximum Gasteiger partial charge on any atom is 0.335 e. The van der Waals surface area contributed by atoms with E-state index in [0.717, 1.165) is 33.7 Å². The second-order valence-electron chi connectivity index (χ2n) is 7.63. The number of thioether (sulfide) groups is 1. The molecule has 6 nitrogen and oxygen atoms in total. The smallest absolute Gasteiger partial charge is 0.335 e. The summed E-state index contributed by atoms with van der Waals surface area (Å²) in [5, 5.41) is 10.7. The van der Waals surface area contributed by atoms with Crippen LogP contribution in [0.2, 0.25) is 0 Å². The lowest BCUT2D eigenvalue weighted by Crippen LogP contribution is -2.34. The molecule has 0 aliphatic carbocycles. The summed E-state index contributed by atoms with van der Waals surface area (Å²) in [4.78, 5) is 37.8. The molecule has 4 rings (SSSR count). The van der Waals surface area contributed by atoms with Gasteiger partial charge in [0.2, 0.25) is 0 Å². The number of aromatic carboxylic acids is 1. The number of benzene rings is 3. The molecule has 162 valence electrons. The SMILES string of the molecule is CC(C)N1C(=O)SC(=Cc2c(OCc3ccc(C(=O)O)cc3)ccc3ccccc23)C1=O. The quantitative estimate of drug-likeness (QED) is 0.498. The lowest BCUT2D eigenvalue weighted by atomic mass is 10.0. The Hall–Kier alpha value is -3.58. The monoisotopic (exact) mass is 447 g/mol. The molecule has 0 saturated carbocycles. The zero-order valence-electron chi connectivity index (χ0n) is 17.6. The van der Waals surface area contributed by atoms with Crippen LogP contribution in [-0.2, 0) is 11.4 Å². The number of rotatable bonds is 6. The molecule has 0 bridgehead atoms. The van der Waals surface area contributed by atoms with Crippen LogP contribution in [0.3, 0.4) is 0 Å². The number of carboxylic acids is 1. The van der Waals surface area contributed by atoms with Gasteiger partial charge >= 0.3 is 5.97 Å². The highest BCUT2D eigenvalue weighted by atomic mass is 32.2. The molecule has 0 radical (unpaired) electrons. The van der Waals surface area contributed by atoms with Crippen molar-refractivity contribution in [2.45, 2.75) is 26.5 Å². The minimum atomic E-state index is -0.982. The van der Waals surface area contributed by atoms with Crippen molar-refractivity contribution in [3.8, 4) is 5.75 Å². The van der Waals surface area contributed by atoms with E-state index in [-0.39, 0.29) is 29.4 Å². The number of imide groups is 1. The summed E-state index contributed by atoms with van der Waals surface area (Å²) < 4.78 is 6.07. The Labute approximate surface area is 189 Å². The van der Waals surface area contributed by atoms with E-state index in [2.05, 4.69) is 0 Å². The Balaban J connectivity index is 1.69. The summed E-state index contributed by atoms with van der Waals surface area (Å²) in [6, 6.07) is 17.8. The molecule has 32 heavy (non-hydrogen) atoms. The number of carboxylic acid groups (broad SMARTS) is 1. The van der Waals surface area contributed by atoms with Crippen molar-refractivity contribution < 1.29 is 24.2 Å². The summed E-state index contributed by atoms with van der Waals surface area (Å²) in [5.41, 5.74) is 1.75. The van der Waals surface area contributed by atoms with Gasteiger partial charge in [-0.2, -0.15) is 0 Å². The Morgan fingerprint density at radius 2 is 1.78 bits per heavy atom. The van der Waals surface area contributed by atoms with Gasteiger partial charge in [-0.1, -0.05) is 42.5 Å². The first-order valence-electron chi connectivity index (χ1n) is 10.1. The van der Waals surface area contributed by atoms with E-state index in [1.165, 1.54) is 17.0 Å². The first kappa shape index (κ1) is 21.6. The highest BCUT2D eigenvalue weighted by Gasteiger charge is 2.36. The van der Waals surface area contributed by atoms with Crippen molar-refractivity contribution in [1.29, 1.82) is 0 Å². The molecule has 1 fully saturated rings. The summed E-state index contributed by atoms with van der Waals surface area (Å²) in [6.07, 6.45) is 1.72. The number of carbonyl (C=O) groups is 3. The number of hydrogen-bond acceptors (Lipinski definition) is 5. The lowest BCUT2D eigenvalue weighted by Gasteiger charge is -2.16. The van der Waals surface area contributed by atoms with Crippen LogP contribution in [-0.4, -0.2) is 33.2 Å². The van der Waals surface area contributed by atoms with Crippen molar-refractivity contribution in [3.05, 3.63) is 82.3 Å². The van der Waals surface area contributed by atoms with Crippen molar-refractivity contribution >= 4 is 45.7 Å². The van der Waals surface area contributed by atoms with E-state index in [4.69, 9.17) is 9.84 Å².